The molecule has 0 atom stereocenters. The van der Waals surface area contributed by atoms with E-state index in [2.05, 4.69) is 5.32 Å². The van der Waals surface area contributed by atoms with Gasteiger partial charge in [-0.15, -0.1) is 0 Å². The first-order valence-electron chi connectivity index (χ1n) is 7.62. The molecule has 1 aromatic heterocycles. The van der Waals surface area contributed by atoms with Crippen LogP contribution in [0.1, 0.15) is 0 Å². The van der Waals surface area contributed by atoms with Crippen LogP contribution in [0.15, 0.2) is 70.6 Å². The summed E-state index contributed by atoms with van der Waals surface area (Å²) in [6.07, 6.45) is 2.26. The summed E-state index contributed by atoms with van der Waals surface area (Å²) in [4.78, 5) is 24.3. The van der Waals surface area contributed by atoms with E-state index in [9.17, 15) is 22.4 Å². The third-order valence-corrected chi connectivity index (χ3v) is 5.54. The highest BCUT2D eigenvalue weighted by Gasteiger charge is 2.21. The molecule has 0 aliphatic carbocycles. The Hall–Kier alpha value is -2.91. The summed E-state index contributed by atoms with van der Waals surface area (Å²) >= 11 is 5.74. The second-order valence-electron chi connectivity index (χ2n) is 5.52. The van der Waals surface area contributed by atoms with Crippen LogP contribution in [-0.2, 0) is 21.4 Å². The maximum Gasteiger partial charge on any atom is 0.342 e. The molecule has 140 valence electrons. The number of hydrogen-bond acceptors (Lipinski definition) is 4. The molecule has 7 nitrogen and oxygen atoms in total. The van der Waals surface area contributed by atoms with Gasteiger partial charge in [-0.1, -0.05) is 11.6 Å². The standard InChI is InChI=1S/C17H13ClFN3O4S/c18-12-1-7-15(8-2-12)27(25,26)22-10-9-21(17(22)24)11-16(23)20-14-5-3-13(19)4-6-14/h1-10H,11H2,(H,20,23). The second kappa shape index (κ2) is 7.37. The molecule has 0 bridgehead atoms. The number of halogens is 2. The van der Waals surface area contributed by atoms with Crippen molar-refractivity contribution in [3.05, 3.63) is 82.2 Å². The maximum absolute atomic E-state index is 12.9. The van der Waals surface area contributed by atoms with Crippen LogP contribution in [-0.4, -0.2) is 22.9 Å². The van der Waals surface area contributed by atoms with E-state index in [1.807, 2.05) is 0 Å². The predicted octanol–water partition coefficient (Wildman–Crippen LogP) is 2.32. The summed E-state index contributed by atoms with van der Waals surface area (Å²) in [7, 11) is -4.11. The Labute approximate surface area is 158 Å². The molecule has 0 aliphatic heterocycles. The van der Waals surface area contributed by atoms with E-state index >= 15 is 0 Å². The number of nitrogens with zero attached hydrogens (tertiary/aromatic N) is 2. The first-order chi connectivity index (χ1) is 12.8. The molecule has 0 fully saturated rings. The molecule has 0 saturated heterocycles. The van der Waals surface area contributed by atoms with Crippen molar-refractivity contribution < 1.29 is 17.6 Å². The monoisotopic (exact) mass is 409 g/mol. The van der Waals surface area contributed by atoms with E-state index in [1.165, 1.54) is 54.7 Å². The maximum atomic E-state index is 12.9. The molecule has 0 saturated carbocycles. The molecule has 1 N–H and O–H groups in total. The zero-order valence-electron chi connectivity index (χ0n) is 13.7. The Balaban J connectivity index is 1.80. The summed E-state index contributed by atoms with van der Waals surface area (Å²) in [6.45, 7) is -0.403. The molecule has 0 radical (unpaired) electrons. The smallest absolute Gasteiger partial charge is 0.325 e. The zero-order valence-corrected chi connectivity index (χ0v) is 15.2. The fourth-order valence-electron chi connectivity index (χ4n) is 2.31. The van der Waals surface area contributed by atoms with Crippen LogP contribution in [0.5, 0.6) is 0 Å². The van der Waals surface area contributed by atoms with Gasteiger partial charge in [0.15, 0.2) is 0 Å². The number of benzene rings is 2. The molecule has 10 heteroatoms. The lowest BCUT2D eigenvalue weighted by atomic mass is 10.3. The number of anilines is 1. The largest absolute Gasteiger partial charge is 0.342 e. The highest BCUT2D eigenvalue weighted by Crippen LogP contribution is 2.16. The van der Waals surface area contributed by atoms with Crippen molar-refractivity contribution in [2.24, 2.45) is 0 Å². The number of amides is 1. The van der Waals surface area contributed by atoms with Crippen LogP contribution >= 0.6 is 11.6 Å². The van der Waals surface area contributed by atoms with Gasteiger partial charge >= 0.3 is 5.69 Å². The average Bonchev–Trinajstić information content (AvgIpc) is 2.98. The van der Waals surface area contributed by atoms with Crippen LogP contribution in [0.4, 0.5) is 10.1 Å². The third kappa shape index (κ3) is 4.09. The molecular formula is C17H13ClFN3O4S. The van der Waals surface area contributed by atoms with Crippen LogP contribution < -0.4 is 11.0 Å². The van der Waals surface area contributed by atoms with Gasteiger partial charge in [-0.2, -0.15) is 3.97 Å². The Kier molecular flexibility index (Phi) is 5.15. The van der Waals surface area contributed by atoms with Gasteiger partial charge in [0.05, 0.1) is 4.90 Å². The first kappa shape index (κ1) is 18.9. The van der Waals surface area contributed by atoms with Crippen molar-refractivity contribution in [3.8, 4) is 0 Å². The van der Waals surface area contributed by atoms with Crippen molar-refractivity contribution in [2.45, 2.75) is 11.4 Å². The SMILES string of the molecule is O=C(Cn1ccn(S(=O)(=O)c2ccc(Cl)cc2)c1=O)Nc1ccc(F)cc1. The molecule has 0 aliphatic rings. The predicted molar refractivity (Wildman–Crippen MR) is 97.8 cm³/mol. The van der Waals surface area contributed by atoms with Crippen LogP contribution in [0, 0.1) is 5.82 Å². The van der Waals surface area contributed by atoms with Gasteiger partial charge in [0.1, 0.15) is 12.4 Å². The Morgan fingerprint density at radius 2 is 1.67 bits per heavy atom. The minimum Gasteiger partial charge on any atom is -0.325 e. The number of carbonyl (C=O) groups excluding carboxylic acids is 1. The van der Waals surface area contributed by atoms with Crippen molar-refractivity contribution in [1.82, 2.24) is 8.54 Å². The molecule has 1 amide bonds. The van der Waals surface area contributed by atoms with E-state index in [-0.39, 0.29) is 4.90 Å². The Morgan fingerprint density at radius 3 is 2.30 bits per heavy atom. The molecule has 0 unspecified atom stereocenters. The van der Waals surface area contributed by atoms with Crippen molar-refractivity contribution in [1.29, 1.82) is 0 Å². The summed E-state index contributed by atoms with van der Waals surface area (Å²) < 4.78 is 39.5. The van der Waals surface area contributed by atoms with Crippen molar-refractivity contribution in [2.75, 3.05) is 5.32 Å². The second-order valence-corrected chi connectivity index (χ2v) is 7.77. The molecule has 0 spiro atoms. The lowest BCUT2D eigenvalue weighted by molar-refractivity contribution is -0.116. The fourth-order valence-corrected chi connectivity index (χ4v) is 3.67. The van der Waals surface area contributed by atoms with Gasteiger partial charge in [0.2, 0.25) is 5.91 Å². The molecule has 27 heavy (non-hydrogen) atoms. The third-order valence-electron chi connectivity index (χ3n) is 3.63. The van der Waals surface area contributed by atoms with Crippen molar-refractivity contribution in [3.63, 3.8) is 0 Å². The molecule has 1 heterocycles. The molecule has 2 aromatic carbocycles. The van der Waals surface area contributed by atoms with Gasteiger partial charge in [0, 0.05) is 23.1 Å². The number of hydrogen-bond donors (Lipinski definition) is 1. The molecule has 3 rings (SSSR count). The van der Waals surface area contributed by atoms with Gasteiger partial charge < -0.3 is 5.32 Å². The van der Waals surface area contributed by atoms with Crippen LogP contribution in [0.25, 0.3) is 0 Å². The Bertz CT molecular complexity index is 1140. The van der Waals surface area contributed by atoms with Gasteiger partial charge in [0.25, 0.3) is 10.0 Å². The van der Waals surface area contributed by atoms with Gasteiger partial charge in [-0.05, 0) is 48.5 Å². The lowest BCUT2D eigenvalue weighted by Gasteiger charge is -2.06. The summed E-state index contributed by atoms with van der Waals surface area (Å²) in [5, 5.41) is 2.85. The van der Waals surface area contributed by atoms with E-state index in [0.717, 1.165) is 10.8 Å². The fraction of sp³-hybridized carbons (Fsp3) is 0.0588. The van der Waals surface area contributed by atoms with Crippen LogP contribution in [0.2, 0.25) is 5.02 Å². The van der Waals surface area contributed by atoms with E-state index in [1.54, 1.807) is 0 Å². The lowest BCUT2D eigenvalue weighted by Crippen LogP contribution is -2.32. The minimum atomic E-state index is -4.11. The van der Waals surface area contributed by atoms with Gasteiger partial charge in [-0.3, -0.25) is 9.36 Å². The topological polar surface area (TPSA) is 90.2 Å². The number of imidazole rings is 1. The molecule has 3 aromatic rings. The highest BCUT2D eigenvalue weighted by atomic mass is 35.5. The summed E-state index contributed by atoms with van der Waals surface area (Å²) in [5.41, 5.74) is -0.540. The number of aromatic nitrogens is 2. The number of rotatable bonds is 5. The quantitative estimate of drug-likeness (QED) is 0.700. The zero-order chi connectivity index (χ0) is 19.6. The normalized spacial score (nSPS) is 11.3. The average molecular weight is 410 g/mol. The van der Waals surface area contributed by atoms with Crippen molar-refractivity contribution >= 4 is 33.2 Å². The highest BCUT2D eigenvalue weighted by molar-refractivity contribution is 7.90. The van der Waals surface area contributed by atoms with Gasteiger partial charge in [-0.25, -0.2) is 17.6 Å². The number of nitrogens with one attached hydrogen (secondary N) is 1. The Morgan fingerprint density at radius 1 is 1.04 bits per heavy atom. The van der Waals surface area contributed by atoms with E-state index < -0.39 is 34.0 Å². The summed E-state index contributed by atoms with van der Waals surface area (Å²) in [6, 6.07) is 10.4. The number of carbonyl (C=O) groups is 1. The molecular weight excluding hydrogens is 397 g/mol. The van der Waals surface area contributed by atoms with Crippen LogP contribution in [0.3, 0.4) is 0 Å². The first-order valence-corrected chi connectivity index (χ1v) is 9.43. The van der Waals surface area contributed by atoms with E-state index in [4.69, 9.17) is 11.6 Å². The minimum absolute atomic E-state index is 0.109. The van der Waals surface area contributed by atoms with E-state index in [0.29, 0.717) is 14.7 Å². The summed E-state index contributed by atoms with van der Waals surface area (Å²) in [5.74, 6) is -1.01.